The third-order valence-corrected chi connectivity index (χ3v) is 3.08. The highest BCUT2D eigenvalue weighted by atomic mass is 35.5. The topological polar surface area (TPSA) is 134 Å². The quantitative estimate of drug-likeness (QED) is 0.272. The van der Waals surface area contributed by atoms with Crippen LogP contribution in [0.1, 0.15) is 0 Å². The second kappa shape index (κ2) is 9.65. The summed E-state index contributed by atoms with van der Waals surface area (Å²) in [6.07, 6.45) is 10.5. The lowest BCUT2D eigenvalue weighted by Gasteiger charge is -2.09. The van der Waals surface area contributed by atoms with Crippen LogP contribution in [0, 0.1) is 35.0 Å². The summed E-state index contributed by atoms with van der Waals surface area (Å²) in [5.41, 5.74) is 1.43. The van der Waals surface area contributed by atoms with Gasteiger partial charge in [0, 0.05) is 24.2 Å². The molecule has 0 heterocycles. The molecule has 0 saturated heterocycles. The number of nitro groups is 1. The molecular formula is C16H13ClN4O4. The van der Waals surface area contributed by atoms with E-state index in [0.29, 0.717) is 22.1 Å². The molecule has 0 aliphatic carbocycles. The Morgan fingerprint density at radius 1 is 1.04 bits per heavy atom. The van der Waals surface area contributed by atoms with Gasteiger partial charge in [0.25, 0.3) is 5.69 Å². The van der Waals surface area contributed by atoms with Gasteiger partial charge in [0.1, 0.15) is 5.69 Å². The van der Waals surface area contributed by atoms with Crippen LogP contribution in [0.25, 0.3) is 0 Å². The molecule has 9 heteroatoms. The van der Waals surface area contributed by atoms with Crippen molar-refractivity contribution in [3.05, 3.63) is 57.6 Å². The third-order valence-electron chi connectivity index (χ3n) is 2.78. The highest BCUT2D eigenvalue weighted by molar-refractivity contribution is 6.33. The van der Waals surface area contributed by atoms with Crippen molar-refractivity contribution < 1.29 is 15.9 Å². The monoisotopic (exact) mass is 360 g/mol. The van der Waals surface area contributed by atoms with E-state index in [2.05, 4.69) is 22.3 Å². The number of nitrogens with zero attached hydrogens (tertiary/aromatic N) is 4. The second-order valence-corrected chi connectivity index (χ2v) is 4.61. The van der Waals surface area contributed by atoms with Gasteiger partial charge >= 0.3 is 0 Å². The van der Waals surface area contributed by atoms with E-state index in [9.17, 15) is 10.1 Å². The molecule has 25 heavy (non-hydrogen) atoms. The Labute approximate surface area is 148 Å². The first-order valence-corrected chi connectivity index (χ1v) is 6.61. The summed E-state index contributed by atoms with van der Waals surface area (Å²) in [7, 11) is 0. The molecule has 0 atom stereocenters. The summed E-state index contributed by atoms with van der Waals surface area (Å²) in [5, 5.41) is 18.9. The van der Waals surface area contributed by atoms with Crippen LogP contribution in [0.15, 0.2) is 52.7 Å². The van der Waals surface area contributed by atoms with E-state index in [-0.39, 0.29) is 16.6 Å². The van der Waals surface area contributed by atoms with Gasteiger partial charge in [-0.15, -0.1) is 5.11 Å². The first-order chi connectivity index (χ1) is 11.0. The van der Waals surface area contributed by atoms with Gasteiger partial charge in [-0.2, -0.15) is 5.11 Å². The number of hydrogen-bond donors (Lipinski definition) is 0. The van der Waals surface area contributed by atoms with E-state index in [1.165, 1.54) is 29.2 Å². The van der Waals surface area contributed by atoms with Crippen LogP contribution < -0.4 is 4.90 Å². The minimum Gasteiger partial charge on any atom is -0.412 e. The summed E-state index contributed by atoms with van der Waals surface area (Å²) in [6, 6.07) is 15.2. The number of nitro benzene ring substituents is 1. The van der Waals surface area contributed by atoms with Gasteiger partial charge < -0.3 is 11.0 Å². The van der Waals surface area contributed by atoms with Crippen LogP contribution in [0.2, 0.25) is 5.02 Å². The number of benzene rings is 2. The first kappa shape index (κ1) is 21.6. The Kier molecular flexibility index (Phi) is 8.33. The van der Waals surface area contributed by atoms with E-state index < -0.39 is 4.92 Å². The molecule has 8 nitrogen and oxygen atoms in total. The average molecular weight is 361 g/mol. The third kappa shape index (κ3) is 5.30. The highest BCUT2D eigenvalue weighted by Gasteiger charge is 2.06. The van der Waals surface area contributed by atoms with Crippen molar-refractivity contribution >= 4 is 34.4 Å². The number of rotatable bonds is 4. The average Bonchev–Trinajstić information content (AvgIpc) is 2.55. The minimum atomic E-state index is -0.487. The van der Waals surface area contributed by atoms with Gasteiger partial charge in [0.15, 0.2) is 0 Å². The van der Waals surface area contributed by atoms with Gasteiger partial charge in [-0.25, -0.2) is 4.90 Å². The molecule has 0 spiro atoms. The molecule has 0 saturated carbocycles. The minimum absolute atomic E-state index is 0. The molecule has 0 radical (unpaired) electrons. The number of anilines is 1. The van der Waals surface area contributed by atoms with Crippen LogP contribution in [0.3, 0.4) is 0 Å². The summed E-state index contributed by atoms with van der Waals surface area (Å²) in [6.45, 7) is 0. The fraction of sp³-hybridized carbons (Fsp3) is 0. The molecule has 0 aliphatic heterocycles. The van der Waals surface area contributed by atoms with Crippen molar-refractivity contribution in [2.75, 3.05) is 4.90 Å². The predicted octanol–water partition coefficient (Wildman–Crippen LogP) is 3.00. The van der Waals surface area contributed by atoms with Crippen molar-refractivity contribution in [3.63, 3.8) is 0 Å². The standard InChI is InChI=1S/C16H9ClN4O2.2H2O/c1-3-20(4-2)14-9-10-16(15(17)11-14)19-18-12-5-7-13(8-6-12)21(22)23;;/h1-2,5-11H;2*1H2. The van der Waals surface area contributed by atoms with Crippen LogP contribution in [0.5, 0.6) is 0 Å². The summed E-state index contributed by atoms with van der Waals surface area (Å²) < 4.78 is 0. The van der Waals surface area contributed by atoms with Gasteiger partial charge in [-0.3, -0.25) is 10.1 Å². The molecule has 2 aromatic carbocycles. The van der Waals surface area contributed by atoms with E-state index >= 15 is 0 Å². The Bertz CT molecular complexity index is 840. The summed E-state index contributed by atoms with van der Waals surface area (Å²) >= 11 is 6.11. The molecular weight excluding hydrogens is 348 g/mol. The fourth-order valence-corrected chi connectivity index (χ4v) is 1.87. The van der Waals surface area contributed by atoms with Crippen LogP contribution in [0.4, 0.5) is 22.7 Å². The zero-order valence-electron chi connectivity index (χ0n) is 12.7. The van der Waals surface area contributed by atoms with E-state index in [0.717, 1.165) is 0 Å². The maximum Gasteiger partial charge on any atom is 0.269 e. The number of azo groups is 1. The van der Waals surface area contributed by atoms with Gasteiger partial charge in [0.05, 0.1) is 21.3 Å². The molecule has 0 aromatic heterocycles. The van der Waals surface area contributed by atoms with Crippen LogP contribution in [-0.4, -0.2) is 15.9 Å². The lowest BCUT2D eigenvalue weighted by atomic mass is 10.2. The zero-order valence-corrected chi connectivity index (χ0v) is 13.4. The molecule has 128 valence electrons. The van der Waals surface area contributed by atoms with Crippen molar-refractivity contribution in [2.45, 2.75) is 0 Å². The van der Waals surface area contributed by atoms with Crippen LogP contribution >= 0.6 is 11.6 Å². The number of hydrogen-bond acceptors (Lipinski definition) is 5. The molecule has 0 bridgehead atoms. The van der Waals surface area contributed by atoms with E-state index in [1.54, 1.807) is 18.2 Å². The Hall–Kier alpha value is -3.43. The van der Waals surface area contributed by atoms with E-state index in [1.807, 2.05) is 0 Å². The maximum absolute atomic E-state index is 10.6. The van der Waals surface area contributed by atoms with Crippen molar-refractivity contribution in [1.29, 1.82) is 0 Å². The maximum atomic E-state index is 10.6. The number of halogens is 1. The highest BCUT2D eigenvalue weighted by Crippen LogP contribution is 2.31. The molecule has 2 aromatic rings. The second-order valence-electron chi connectivity index (χ2n) is 4.20. The smallest absolute Gasteiger partial charge is 0.269 e. The normalized spacial score (nSPS) is 9.24. The lowest BCUT2D eigenvalue weighted by Crippen LogP contribution is -2.06. The molecule has 0 amide bonds. The number of terminal acetylenes is 2. The van der Waals surface area contributed by atoms with Crippen LogP contribution in [-0.2, 0) is 0 Å². The van der Waals surface area contributed by atoms with E-state index in [4.69, 9.17) is 24.4 Å². The SMILES string of the molecule is C#CN(C#C)c1ccc(N=Nc2ccc([N+](=O)[O-])cc2)c(Cl)c1.O.O. The Morgan fingerprint density at radius 3 is 2.12 bits per heavy atom. The zero-order chi connectivity index (χ0) is 16.8. The lowest BCUT2D eigenvalue weighted by molar-refractivity contribution is -0.384. The molecule has 0 aliphatic rings. The summed E-state index contributed by atoms with van der Waals surface area (Å²) in [4.78, 5) is 11.3. The molecule has 0 unspecified atom stereocenters. The Morgan fingerprint density at radius 2 is 1.64 bits per heavy atom. The molecule has 4 N–H and O–H groups in total. The van der Waals surface area contributed by atoms with Crippen molar-refractivity contribution in [2.24, 2.45) is 10.2 Å². The predicted molar refractivity (Wildman–Crippen MR) is 96.1 cm³/mol. The van der Waals surface area contributed by atoms with Crippen molar-refractivity contribution in [1.82, 2.24) is 0 Å². The molecule has 2 rings (SSSR count). The molecule has 0 fully saturated rings. The Balaban J connectivity index is 0.00000288. The largest absolute Gasteiger partial charge is 0.412 e. The van der Waals surface area contributed by atoms with Gasteiger partial charge in [0.2, 0.25) is 0 Å². The first-order valence-electron chi connectivity index (χ1n) is 6.23. The fourth-order valence-electron chi connectivity index (χ4n) is 1.65. The van der Waals surface area contributed by atoms with Gasteiger partial charge in [-0.1, -0.05) is 24.4 Å². The van der Waals surface area contributed by atoms with Crippen molar-refractivity contribution in [3.8, 4) is 24.9 Å². The number of non-ortho nitro benzene ring substituents is 1. The summed E-state index contributed by atoms with van der Waals surface area (Å²) in [5.74, 6) is 0. The van der Waals surface area contributed by atoms with Gasteiger partial charge in [-0.05, 0) is 30.3 Å².